The van der Waals surface area contributed by atoms with Gasteiger partial charge in [0.05, 0.1) is 12.1 Å². The van der Waals surface area contributed by atoms with Crippen molar-refractivity contribution in [2.45, 2.75) is 25.8 Å². The molecular formula is C8H17NO2S. The van der Waals surface area contributed by atoms with Crippen LogP contribution in [-0.2, 0) is 9.53 Å². The van der Waals surface area contributed by atoms with Crippen molar-refractivity contribution in [1.82, 2.24) is 5.32 Å². The van der Waals surface area contributed by atoms with Gasteiger partial charge >= 0.3 is 0 Å². The minimum absolute atomic E-state index is 0.0204. The van der Waals surface area contributed by atoms with E-state index in [1.54, 1.807) is 7.11 Å². The van der Waals surface area contributed by atoms with E-state index in [2.05, 4.69) is 17.9 Å². The third-order valence-electron chi connectivity index (χ3n) is 1.32. The first-order valence-electron chi connectivity index (χ1n) is 3.92. The zero-order valence-electron chi connectivity index (χ0n) is 7.89. The van der Waals surface area contributed by atoms with Gasteiger partial charge in [0, 0.05) is 13.5 Å². The molecule has 0 aromatic carbocycles. The molecular weight excluding hydrogens is 174 g/mol. The summed E-state index contributed by atoms with van der Waals surface area (Å²) in [7, 11) is 1.62. The van der Waals surface area contributed by atoms with Gasteiger partial charge in [0.2, 0.25) is 5.91 Å². The molecule has 0 saturated carbocycles. The van der Waals surface area contributed by atoms with Gasteiger partial charge in [-0.05, 0) is 19.6 Å². The number of carbonyl (C=O) groups is 1. The minimum Gasteiger partial charge on any atom is -0.382 e. The van der Waals surface area contributed by atoms with Gasteiger partial charge in [-0.3, -0.25) is 4.79 Å². The van der Waals surface area contributed by atoms with Crippen LogP contribution >= 0.6 is 12.6 Å². The van der Waals surface area contributed by atoms with E-state index < -0.39 is 0 Å². The van der Waals surface area contributed by atoms with Crippen LogP contribution in [0.25, 0.3) is 0 Å². The number of amides is 1. The van der Waals surface area contributed by atoms with Gasteiger partial charge in [-0.1, -0.05) is 0 Å². The summed E-state index contributed by atoms with van der Waals surface area (Å²) in [6, 6.07) is 0. The Bertz CT molecular complexity index is 148. The van der Waals surface area contributed by atoms with E-state index in [-0.39, 0.29) is 11.4 Å². The number of ether oxygens (including phenoxy) is 1. The molecule has 0 spiro atoms. The van der Waals surface area contributed by atoms with Crippen molar-refractivity contribution in [1.29, 1.82) is 0 Å². The van der Waals surface area contributed by atoms with Gasteiger partial charge in [-0.25, -0.2) is 0 Å². The molecule has 12 heavy (non-hydrogen) atoms. The van der Waals surface area contributed by atoms with Crippen LogP contribution < -0.4 is 5.32 Å². The van der Waals surface area contributed by atoms with Gasteiger partial charge in [0.25, 0.3) is 0 Å². The third kappa shape index (κ3) is 5.43. The Balaban J connectivity index is 3.79. The highest BCUT2D eigenvalue weighted by atomic mass is 32.1. The van der Waals surface area contributed by atoms with E-state index in [1.165, 1.54) is 0 Å². The summed E-state index contributed by atoms with van der Waals surface area (Å²) in [5.74, 6) is 0.599. The first-order chi connectivity index (χ1) is 5.52. The summed E-state index contributed by atoms with van der Waals surface area (Å²) < 4.78 is 4.95. The molecule has 0 atom stereocenters. The molecule has 0 heterocycles. The molecule has 0 bridgehead atoms. The molecule has 1 N–H and O–H groups in total. The quantitative estimate of drug-likeness (QED) is 0.632. The second kappa shape index (κ2) is 5.43. The Hall–Kier alpha value is -0.220. The normalized spacial score (nSPS) is 11.3. The number of nitrogens with one attached hydrogen (secondary N) is 1. The van der Waals surface area contributed by atoms with Gasteiger partial charge in [0.15, 0.2) is 0 Å². The molecule has 1 amide bonds. The van der Waals surface area contributed by atoms with Gasteiger partial charge in [-0.2, -0.15) is 12.6 Å². The highest BCUT2D eigenvalue weighted by Gasteiger charge is 2.19. The van der Waals surface area contributed by atoms with Crippen LogP contribution in [0.2, 0.25) is 0 Å². The molecule has 0 aliphatic heterocycles. The summed E-state index contributed by atoms with van der Waals surface area (Å²) in [6.45, 7) is 4.37. The Labute approximate surface area is 79.3 Å². The van der Waals surface area contributed by atoms with Gasteiger partial charge in [0.1, 0.15) is 0 Å². The summed E-state index contributed by atoms with van der Waals surface area (Å²) in [4.78, 5) is 11.1. The van der Waals surface area contributed by atoms with Crippen molar-refractivity contribution >= 4 is 18.5 Å². The average molecular weight is 191 g/mol. The predicted molar refractivity (Wildman–Crippen MR) is 52.6 cm³/mol. The smallest absolute Gasteiger partial charge is 0.221 e. The Morgan fingerprint density at radius 2 is 2.17 bits per heavy atom. The lowest BCUT2D eigenvalue weighted by Crippen LogP contribution is -2.46. The van der Waals surface area contributed by atoms with Gasteiger partial charge in [-0.15, -0.1) is 0 Å². The third-order valence-corrected chi connectivity index (χ3v) is 1.55. The first kappa shape index (κ1) is 11.8. The number of carbonyl (C=O) groups excluding carboxylic acids is 1. The predicted octanol–water partition coefficient (Wildman–Crippen LogP) is 0.847. The largest absolute Gasteiger partial charge is 0.382 e. The van der Waals surface area contributed by atoms with E-state index >= 15 is 0 Å². The zero-order valence-corrected chi connectivity index (χ0v) is 8.78. The number of hydrogen-bond donors (Lipinski definition) is 2. The molecule has 3 nitrogen and oxygen atoms in total. The van der Waals surface area contributed by atoms with E-state index in [9.17, 15) is 4.79 Å². The van der Waals surface area contributed by atoms with E-state index in [4.69, 9.17) is 4.74 Å². The molecule has 4 heteroatoms. The lowest BCUT2D eigenvalue weighted by molar-refractivity contribution is -0.122. The van der Waals surface area contributed by atoms with Crippen LogP contribution in [0.5, 0.6) is 0 Å². The summed E-state index contributed by atoms with van der Waals surface area (Å²) in [5, 5.41) is 2.85. The van der Waals surface area contributed by atoms with Crippen molar-refractivity contribution in [3.63, 3.8) is 0 Å². The van der Waals surface area contributed by atoms with Crippen LogP contribution in [0.15, 0.2) is 0 Å². The molecule has 0 unspecified atom stereocenters. The van der Waals surface area contributed by atoms with Crippen molar-refractivity contribution < 1.29 is 9.53 Å². The number of rotatable bonds is 5. The number of thiol groups is 1. The monoisotopic (exact) mass is 191 g/mol. The standard InChI is InChI=1S/C8H17NO2S/c1-8(2,6-11-3)9-7(10)4-5-12/h12H,4-6H2,1-3H3,(H,9,10). The van der Waals surface area contributed by atoms with E-state index in [0.717, 1.165) is 0 Å². The van der Waals surface area contributed by atoms with Gasteiger partial charge < -0.3 is 10.1 Å². The van der Waals surface area contributed by atoms with Crippen molar-refractivity contribution in [3.8, 4) is 0 Å². The Kier molecular flexibility index (Phi) is 5.33. The van der Waals surface area contributed by atoms with Crippen LogP contribution in [-0.4, -0.2) is 30.9 Å². The molecule has 0 rings (SSSR count). The highest BCUT2D eigenvalue weighted by molar-refractivity contribution is 7.80. The van der Waals surface area contributed by atoms with E-state index in [1.807, 2.05) is 13.8 Å². The van der Waals surface area contributed by atoms with E-state index in [0.29, 0.717) is 18.8 Å². The van der Waals surface area contributed by atoms with Crippen LogP contribution in [0.1, 0.15) is 20.3 Å². The van der Waals surface area contributed by atoms with Crippen molar-refractivity contribution in [2.75, 3.05) is 19.5 Å². The van der Waals surface area contributed by atoms with Crippen LogP contribution in [0.3, 0.4) is 0 Å². The average Bonchev–Trinajstić information content (AvgIpc) is 1.85. The Morgan fingerprint density at radius 1 is 1.58 bits per heavy atom. The molecule has 0 radical (unpaired) electrons. The molecule has 0 fully saturated rings. The maximum atomic E-state index is 11.1. The second-order valence-electron chi connectivity index (χ2n) is 3.34. The fourth-order valence-electron chi connectivity index (χ4n) is 0.938. The number of methoxy groups -OCH3 is 1. The lowest BCUT2D eigenvalue weighted by atomic mass is 10.1. The second-order valence-corrected chi connectivity index (χ2v) is 3.79. The summed E-state index contributed by atoms with van der Waals surface area (Å²) in [6.07, 6.45) is 0.455. The highest BCUT2D eigenvalue weighted by Crippen LogP contribution is 2.02. The fraction of sp³-hybridized carbons (Fsp3) is 0.875. The summed E-state index contributed by atoms with van der Waals surface area (Å²) >= 11 is 3.97. The fourth-order valence-corrected chi connectivity index (χ4v) is 1.14. The molecule has 0 saturated heterocycles. The zero-order chi connectivity index (χ0) is 9.61. The summed E-state index contributed by atoms with van der Waals surface area (Å²) in [5.41, 5.74) is -0.283. The lowest BCUT2D eigenvalue weighted by Gasteiger charge is -2.25. The number of hydrogen-bond acceptors (Lipinski definition) is 3. The topological polar surface area (TPSA) is 38.3 Å². The Morgan fingerprint density at radius 3 is 2.58 bits per heavy atom. The van der Waals surface area contributed by atoms with Crippen LogP contribution in [0.4, 0.5) is 0 Å². The SMILES string of the molecule is COCC(C)(C)NC(=O)CCS. The molecule has 0 aliphatic carbocycles. The molecule has 0 aromatic heterocycles. The maximum absolute atomic E-state index is 11.1. The van der Waals surface area contributed by atoms with Crippen molar-refractivity contribution in [3.05, 3.63) is 0 Å². The first-order valence-corrected chi connectivity index (χ1v) is 4.56. The van der Waals surface area contributed by atoms with Crippen molar-refractivity contribution in [2.24, 2.45) is 0 Å². The molecule has 0 aromatic rings. The van der Waals surface area contributed by atoms with Crippen LogP contribution in [0, 0.1) is 0 Å². The molecule has 72 valence electrons. The molecule has 0 aliphatic rings. The minimum atomic E-state index is -0.283. The maximum Gasteiger partial charge on any atom is 0.221 e.